The summed E-state index contributed by atoms with van der Waals surface area (Å²) in [5.41, 5.74) is 2.66. The van der Waals surface area contributed by atoms with Crippen LogP contribution in [0.1, 0.15) is 23.0 Å². The van der Waals surface area contributed by atoms with Crippen molar-refractivity contribution in [3.8, 4) is 0 Å². The van der Waals surface area contributed by atoms with Crippen molar-refractivity contribution in [2.75, 3.05) is 25.6 Å². The van der Waals surface area contributed by atoms with Crippen molar-refractivity contribution in [3.05, 3.63) is 65.6 Å². The molecule has 7 heteroatoms. The fraction of sp³-hybridized carbons (Fsp3) is 0.238. The zero-order valence-corrected chi connectivity index (χ0v) is 15.8. The number of halogens is 1. The van der Waals surface area contributed by atoms with Crippen LogP contribution in [0.25, 0.3) is 10.9 Å². The highest BCUT2D eigenvalue weighted by atomic mass is 19.1. The fourth-order valence-corrected chi connectivity index (χ4v) is 3.09. The molecule has 2 amide bonds. The van der Waals surface area contributed by atoms with Gasteiger partial charge in [0, 0.05) is 43.7 Å². The van der Waals surface area contributed by atoms with Gasteiger partial charge >= 0.3 is 0 Å². The van der Waals surface area contributed by atoms with Gasteiger partial charge in [-0.3, -0.25) is 9.59 Å². The highest BCUT2D eigenvalue weighted by Gasteiger charge is 2.16. The molecule has 3 aromatic rings. The number of ether oxygens (including phenoxy) is 1. The normalized spacial score (nSPS) is 10.8. The van der Waals surface area contributed by atoms with E-state index in [2.05, 4.69) is 10.6 Å². The molecule has 0 aliphatic carbocycles. The van der Waals surface area contributed by atoms with Crippen LogP contribution in [0.15, 0.2) is 48.5 Å². The van der Waals surface area contributed by atoms with E-state index < -0.39 is 0 Å². The van der Waals surface area contributed by atoms with E-state index in [0.29, 0.717) is 31.1 Å². The van der Waals surface area contributed by atoms with Gasteiger partial charge in [0.25, 0.3) is 5.91 Å². The number of hydrogen-bond donors (Lipinski definition) is 2. The lowest BCUT2D eigenvalue weighted by molar-refractivity contribution is -0.114. The first-order valence-corrected chi connectivity index (χ1v) is 8.90. The lowest BCUT2D eigenvalue weighted by Gasteiger charge is -2.12. The van der Waals surface area contributed by atoms with E-state index in [0.717, 1.165) is 16.5 Å². The summed E-state index contributed by atoms with van der Waals surface area (Å²) in [5.74, 6) is -0.741. The summed E-state index contributed by atoms with van der Waals surface area (Å²) in [6, 6.07) is 13.5. The van der Waals surface area contributed by atoms with Gasteiger partial charge in [0.15, 0.2) is 0 Å². The minimum atomic E-state index is -0.326. The van der Waals surface area contributed by atoms with Crippen molar-refractivity contribution in [3.63, 3.8) is 0 Å². The number of carbonyl (C=O) groups excluding carboxylic acids is 2. The van der Waals surface area contributed by atoms with E-state index in [1.807, 2.05) is 22.8 Å². The zero-order valence-electron chi connectivity index (χ0n) is 15.8. The molecular weight excluding hydrogens is 361 g/mol. The average molecular weight is 383 g/mol. The molecule has 0 fully saturated rings. The van der Waals surface area contributed by atoms with E-state index in [1.54, 1.807) is 25.3 Å². The first-order valence-electron chi connectivity index (χ1n) is 8.90. The van der Waals surface area contributed by atoms with Gasteiger partial charge in [-0.1, -0.05) is 12.1 Å². The molecule has 146 valence electrons. The summed E-state index contributed by atoms with van der Waals surface area (Å²) in [7, 11) is 1.57. The molecular formula is C21H22FN3O3. The molecule has 0 unspecified atom stereocenters. The van der Waals surface area contributed by atoms with Crippen LogP contribution in [0, 0.1) is 5.82 Å². The SMILES string of the molecule is COCCNC(=O)c1cc2cc(NC(C)=O)ccc2n1Cc1cccc(F)c1. The molecule has 0 aliphatic heterocycles. The molecule has 1 aromatic heterocycles. The van der Waals surface area contributed by atoms with Crippen LogP contribution in [-0.4, -0.2) is 36.6 Å². The van der Waals surface area contributed by atoms with E-state index in [9.17, 15) is 14.0 Å². The second-order valence-electron chi connectivity index (χ2n) is 6.45. The second kappa shape index (κ2) is 8.67. The van der Waals surface area contributed by atoms with Crippen molar-refractivity contribution in [1.29, 1.82) is 0 Å². The second-order valence-corrected chi connectivity index (χ2v) is 6.45. The Kier molecular flexibility index (Phi) is 6.06. The van der Waals surface area contributed by atoms with Crippen LogP contribution in [-0.2, 0) is 16.1 Å². The van der Waals surface area contributed by atoms with Gasteiger partial charge in [-0.05, 0) is 42.0 Å². The van der Waals surface area contributed by atoms with Gasteiger partial charge in [-0.15, -0.1) is 0 Å². The number of fused-ring (bicyclic) bond motifs is 1. The van der Waals surface area contributed by atoms with Crippen molar-refractivity contribution in [1.82, 2.24) is 9.88 Å². The highest BCUT2D eigenvalue weighted by Crippen LogP contribution is 2.25. The Morgan fingerprint density at radius 3 is 2.68 bits per heavy atom. The number of nitrogens with zero attached hydrogens (tertiary/aromatic N) is 1. The smallest absolute Gasteiger partial charge is 0.268 e. The first-order chi connectivity index (χ1) is 13.5. The van der Waals surface area contributed by atoms with Gasteiger partial charge in [-0.25, -0.2) is 4.39 Å². The summed E-state index contributed by atoms with van der Waals surface area (Å²) in [4.78, 5) is 24.0. The maximum atomic E-state index is 13.6. The van der Waals surface area contributed by atoms with Crippen molar-refractivity contribution < 1.29 is 18.7 Å². The number of amides is 2. The van der Waals surface area contributed by atoms with Crippen molar-refractivity contribution >= 4 is 28.4 Å². The lowest BCUT2D eigenvalue weighted by Crippen LogP contribution is -2.29. The van der Waals surface area contributed by atoms with Crippen molar-refractivity contribution in [2.24, 2.45) is 0 Å². The standard InChI is InChI=1S/C21H22FN3O3/c1-14(26)24-18-6-7-19-16(11-18)12-20(21(27)23-8-9-28-2)25(19)13-15-4-3-5-17(22)10-15/h3-7,10-12H,8-9,13H2,1-2H3,(H,23,27)(H,24,26). The molecule has 0 spiro atoms. The number of hydrogen-bond acceptors (Lipinski definition) is 3. The molecule has 0 radical (unpaired) electrons. The van der Waals surface area contributed by atoms with E-state index >= 15 is 0 Å². The minimum absolute atomic E-state index is 0.170. The Balaban J connectivity index is 2.01. The third kappa shape index (κ3) is 4.55. The summed E-state index contributed by atoms with van der Waals surface area (Å²) in [6.07, 6.45) is 0. The summed E-state index contributed by atoms with van der Waals surface area (Å²) in [6.45, 7) is 2.57. The Bertz CT molecular complexity index is 1010. The third-order valence-corrected chi connectivity index (χ3v) is 4.28. The van der Waals surface area contributed by atoms with Gasteiger partial charge in [0.05, 0.1) is 6.61 Å². The Morgan fingerprint density at radius 2 is 1.96 bits per heavy atom. The van der Waals surface area contributed by atoms with Gasteiger partial charge in [0.2, 0.25) is 5.91 Å². The fourth-order valence-electron chi connectivity index (χ4n) is 3.09. The van der Waals surface area contributed by atoms with Crippen LogP contribution in [0.4, 0.5) is 10.1 Å². The number of benzene rings is 2. The molecule has 2 N–H and O–H groups in total. The lowest BCUT2D eigenvalue weighted by atomic mass is 10.2. The van der Waals surface area contributed by atoms with Gasteiger partial charge in [0.1, 0.15) is 11.5 Å². The zero-order chi connectivity index (χ0) is 20.1. The maximum absolute atomic E-state index is 13.6. The summed E-state index contributed by atoms with van der Waals surface area (Å²) < 4.78 is 20.4. The van der Waals surface area contributed by atoms with Crippen LogP contribution < -0.4 is 10.6 Å². The number of rotatable bonds is 7. The molecule has 0 bridgehead atoms. The van der Waals surface area contributed by atoms with E-state index in [-0.39, 0.29) is 17.6 Å². The Morgan fingerprint density at radius 1 is 1.14 bits per heavy atom. The van der Waals surface area contributed by atoms with Gasteiger partial charge in [-0.2, -0.15) is 0 Å². The summed E-state index contributed by atoms with van der Waals surface area (Å²) in [5, 5.41) is 6.36. The van der Waals surface area contributed by atoms with Gasteiger partial charge < -0.3 is 19.9 Å². The van der Waals surface area contributed by atoms with Crippen LogP contribution in [0.5, 0.6) is 0 Å². The molecule has 28 heavy (non-hydrogen) atoms. The first kappa shape index (κ1) is 19.6. The molecule has 2 aromatic carbocycles. The van der Waals surface area contributed by atoms with Crippen LogP contribution in [0.2, 0.25) is 0 Å². The molecule has 0 saturated heterocycles. The monoisotopic (exact) mass is 383 g/mol. The number of aromatic nitrogens is 1. The molecule has 1 heterocycles. The minimum Gasteiger partial charge on any atom is -0.383 e. The largest absolute Gasteiger partial charge is 0.383 e. The van der Waals surface area contributed by atoms with Crippen molar-refractivity contribution in [2.45, 2.75) is 13.5 Å². The van der Waals surface area contributed by atoms with Crippen LogP contribution in [0.3, 0.4) is 0 Å². The Labute approximate surface area is 162 Å². The predicted molar refractivity (Wildman–Crippen MR) is 106 cm³/mol. The summed E-state index contributed by atoms with van der Waals surface area (Å²) >= 11 is 0. The molecule has 0 aliphatic rings. The number of nitrogens with one attached hydrogen (secondary N) is 2. The number of carbonyl (C=O) groups is 2. The quantitative estimate of drug-likeness (QED) is 0.616. The molecule has 0 atom stereocenters. The van der Waals surface area contributed by atoms with E-state index in [1.165, 1.54) is 19.1 Å². The maximum Gasteiger partial charge on any atom is 0.268 e. The Hall–Kier alpha value is -3.19. The highest BCUT2D eigenvalue weighted by molar-refractivity contribution is 6.00. The predicted octanol–water partition coefficient (Wildman–Crippen LogP) is 3.16. The number of methoxy groups -OCH3 is 1. The van der Waals surface area contributed by atoms with Crippen LogP contribution >= 0.6 is 0 Å². The topological polar surface area (TPSA) is 72.4 Å². The molecule has 3 rings (SSSR count). The third-order valence-electron chi connectivity index (χ3n) is 4.28. The molecule has 0 saturated carbocycles. The van der Waals surface area contributed by atoms with E-state index in [4.69, 9.17) is 4.74 Å². The number of anilines is 1. The molecule has 6 nitrogen and oxygen atoms in total. The average Bonchev–Trinajstić information content (AvgIpc) is 2.99.